The van der Waals surface area contributed by atoms with E-state index in [0.29, 0.717) is 11.0 Å². The van der Waals surface area contributed by atoms with E-state index in [-0.39, 0.29) is 0 Å². The molecule has 0 aromatic heterocycles. The summed E-state index contributed by atoms with van der Waals surface area (Å²) >= 11 is 5.30. The van der Waals surface area contributed by atoms with Gasteiger partial charge in [-0.1, -0.05) is 32.0 Å². The van der Waals surface area contributed by atoms with Crippen molar-refractivity contribution in [2.75, 3.05) is 25.1 Å². The van der Waals surface area contributed by atoms with Gasteiger partial charge in [-0.15, -0.1) is 0 Å². The maximum Gasteiger partial charge on any atom is 0.170 e. The number of anilines is 1. The number of nitrogens with one attached hydrogen (secondary N) is 2. The van der Waals surface area contributed by atoms with Crippen LogP contribution < -0.4 is 10.6 Å². The summed E-state index contributed by atoms with van der Waals surface area (Å²) in [5.41, 5.74) is 2.36. The van der Waals surface area contributed by atoms with Crippen molar-refractivity contribution < 1.29 is 4.74 Å². The Morgan fingerprint density at radius 2 is 2.05 bits per heavy atom. The number of ether oxygens (including phenoxy) is 1. The Kier molecular flexibility index (Phi) is 7.45. The highest BCUT2D eigenvalue weighted by atomic mass is 32.1. The highest BCUT2D eigenvalue weighted by Crippen LogP contribution is 2.23. The van der Waals surface area contributed by atoms with Crippen LogP contribution >= 0.6 is 12.2 Å². The molecule has 0 bridgehead atoms. The van der Waals surface area contributed by atoms with Gasteiger partial charge in [0.2, 0.25) is 0 Å². The normalized spacial score (nSPS) is 10.5. The number of benzene rings is 1. The van der Waals surface area contributed by atoms with Crippen LogP contribution in [0.25, 0.3) is 0 Å². The molecule has 0 saturated carbocycles. The van der Waals surface area contributed by atoms with Crippen molar-refractivity contribution in [3.63, 3.8) is 0 Å². The van der Waals surface area contributed by atoms with E-state index in [0.717, 1.165) is 31.9 Å². The fourth-order valence-electron chi connectivity index (χ4n) is 1.80. The van der Waals surface area contributed by atoms with E-state index in [1.165, 1.54) is 5.56 Å². The van der Waals surface area contributed by atoms with Crippen LogP contribution in [0.2, 0.25) is 0 Å². The summed E-state index contributed by atoms with van der Waals surface area (Å²) in [4.78, 5) is 0. The molecule has 106 valence electrons. The highest BCUT2D eigenvalue weighted by molar-refractivity contribution is 7.80. The second-order valence-corrected chi connectivity index (χ2v) is 5.08. The molecule has 1 aromatic carbocycles. The fraction of sp³-hybridized carbons (Fsp3) is 0.533. The van der Waals surface area contributed by atoms with Crippen molar-refractivity contribution in [2.24, 2.45) is 0 Å². The van der Waals surface area contributed by atoms with Gasteiger partial charge in [0.05, 0.1) is 0 Å². The second kappa shape index (κ2) is 8.88. The molecular weight excluding hydrogens is 256 g/mol. The SMILES string of the molecule is CCOCCCNC(=S)Nc1ccccc1C(C)C. The summed E-state index contributed by atoms with van der Waals surface area (Å²) < 4.78 is 5.28. The quantitative estimate of drug-likeness (QED) is 0.591. The van der Waals surface area contributed by atoms with Gasteiger partial charge < -0.3 is 15.4 Å². The zero-order chi connectivity index (χ0) is 14.1. The van der Waals surface area contributed by atoms with E-state index in [1.807, 2.05) is 13.0 Å². The molecule has 0 atom stereocenters. The summed E-state index contributed by atoms with van der Waals surface area (Å²) in [7, 11) is 0. The first-order valence-corrected chi connectivity index (χ1v) is 7.27. The summed E-state index contributed by atoms with van der Waals surface area (Å²) in [5.74, 6) is 0.476. The van der Waals surface area contributed by atoms with Crippen LogP contribution in [0.15, 0.2) is 24.3 Å². The molecule has 3 nitrogen and oxygen atoms in total. The van der Waals surface area contributed by atoms with Crippen LogP contribution in [0.3, 0.4) is 0 Å². The Bertz CT molecular complexity index is 393. The topological polar surface area (TPSA) is 33.3 Å². The molecule has 2 N–H and O–H groups in total. The summed E-state index contributed by atoms with van der Waals surface area (Å²) in [5, 5.41) is 7.13. The van der Waals surface area contributed by atoms with E-state index in [4.69, 9.17) is 17.0 Å². The lowest BCUT2D eigenvalue weighted by molar-refractivity contribution is 0.146. The summed E-state index contributed by atoms with van der Waals surface area (Å²) in [6.45, 7) is 8.73. The molecule has 0 fully saturated rings. The minimum atomic E-state index is 0.476. The largest absolute Gasteiger partial charge is 0.382 e. The van der Waals surface area contributed by atoms with E-state index < -0.39 is 0 Å². The van der Waals surface area contributed by atoms with Crippen molar-refractivity contribution >= 4 is 23.0 Å². The van der Waals surface area contributed by atoms with Gasteiger partial charge in [-0.2, -0.15) is 0 Å². The van der Waals surface area contributed by atoms with Crippen LogP contribution in [0, 0.1) is 0 Å². The van der Waals surface area contributed by atoms with Crippen molar-refractivity contribution in [2.45, 2.75) is 33.1 Å². The lowest BCUT2D eigenvalue weighted by atomic mass is 10.0. The maximum absolute atomic E-state index is 5.30. The van der Waals surface area contributed by atoms with Gasteiger partial charge in [0.25, 0.3) is 0 Å². The molecule has 1 aromatic rings. The van der Waals surface area contributed by atoms with Crippen LogP contribution in [0.1, 0.15) is 38.7 Å². The molecule has 0 aliphatic rings. The first-order chi connectivity index (χ1) is 9.15. The molecule has 0 radical (unpaired) electrons. The van der Waals surface area contributed by atoms with Gasteiger partial charge in [0.1, 0.15) is 0 Å². The van der Waals surface area contributed by atoms with Gasteiger partial charge in [0.15, 0.2) is 5.11 Å². The maximum atomic E-state index is 5.30. The molecular formula is C15H24N2OS. The zero-order valence-corrected chi connectivity index (χ0v) is 12.8. The lowest BCUT2D eigenvalue weighted by Gasteiger charge is -2.16. The van der Waals surface area contributed by atoms with E-state index in [1.54, 1.807) is 0 Å². The first-order valence-electron chi connectivity index (χ1n) is 6.86. The average molecular weight is 280 g/mol. The third kappa shape index (κ3) is 6.03. The molecule has 19 heavy (non-hydrogen) atoms. The second-order valence-electron chi connectivity index (χ2n) is 4.67. The van der Waals surface area contributed by atoms with E-state index >= 15 is 0 Å². The van der Waals surface area contributed by atoms with Crippen LogP contribution in [0.4, 0.5) is 5.69 Å². The minimum absolute atomic E-state index is 0.476. The molecule has 4 heteroatoms. The standard InChI is InChI=1S/C15H24N2OS/c1-4-18-11-7-10-16-15(19)17-14-9-6-5-8-13(14)12(2)3/h5-6,8-9,12H,4,7,10-11H2,1-3H3,(H2,16,17,19). The highest BCUT2D eigenvalue weighted by Gasteiger charge is 2.06. The fourth-order valence-corrected chi connectivity index (χ4v) is 2.01. The van der Waals surface area contributed by atoms with Crippen molar-refractivity contribution in [3.05, 3.63) is 29.8 Å². The molecule has 0 spiro atoms. The Balaban J connectivity index is 2.40. The predicted octanol–water partition coefficient (Wildman–Crippen LogP) is 3.52. The van der Waals surface area contributed by atoms with Gasteiger partial charge >= 0.3 is 0 Å². The molecule has 0 aliphatic carbocycles. The molecule has 0 amide bonds. The lowest BCUT2D eigenvalue weighted by Crippen LogP contribution is -2.30. The number of hydrogen-bond acceptors (Lipinski definition) is 2. The third-order valence-corrected chi connectivity index (χ3v) is 3.03. The van der Waals surface area contributed by atoms with Crippen molar-refractivity contribution in [1.29, 1.82) is 0 Å². The average Bonchev–Trinajstić information content (AvgIpc) is 2.39. The molecule has 1 rings (SSSR count). The molecule has 0 unspecified atom stereocenters. The van der Waals surface area contributed by atoms with E-state index in [9.17, 15) is 0 Å². The van der Waals surface area contributed by atoms with Gasteiger partial charge in [-0.05, 0) is 43.1 Å². The number of rotatable bonds is 7. The molecule has 0 aliphatic heterocycles. The summed E-state index contributed by atoms with van der Waals surface area (Å²) in [6, 6.07) is 8.26. The Labute approximate surface area is 121 Å². The predicted molar refractivity (Wildman–Crippen MR) is 85.9 cm³/mol. The third-order valence-electron chi connectivity index (χ3n) is 2.79. The molecule has 0 saturated heterocycles. The first kappa shape index (κ1) is 15.9. The van der Waals surface area contributed by atoms with Gasteiger partial charge in [-0.25, -0.2) is 0 Å². The van der Waals surface area contributed by atoms with Crippen molar-refractivity contribution in [1.82, 2.24) is 5.32 Å². The molecule has 0 heterocycles. The smallest absolute Gasteiger partial charge is 0.170 e. The number of hydrogen-bond donors (Lipinski definition) is 2. The van der Waals surface area contributed by atoms with E-state index in [2.05, 4.69) is 42.7 Å². The Morgan fingerprint density at radius 3 is 2.74 bits per heavy atom. The van der Waals surface area contributed by atoms with Gasteiger partial charge in [-0.3, -0.25) is 0 Å². The monoisotopic (exact) mass is 280 g/mol. The number of para-hydroxylation sites is 1. The van der Waals surface area contributed by atoms with Crippen LogP contribution in [-0.4, -0.2) is 24.9 Å². The van der Waals surface area contributed by atoms with Gasteiger partial charge in [0, 0.05) is 25.4 Å². The summed E-state index contributed by atoms with van der Waals surface area (Å²) in [6.07, 6.45) is 0.960. The Morgan fingerprint density at radius 1 is 1.32 bits per heavy atom. The van der Waals surface area contributed by atoms with Crippen molar-refractivity contribution in [3.8, 4) is 0 Å². The Hall–Kier alpha value is -1.13. The zero-order valence-electron chi connectivity index (χ0n) is 12.0. The minimum Gasteiger partial charge on any atom is -0.382 e. The number of thiocarbonyl (C=S) groups is 1. The van der Waals surface area contributed by atoms with Crippen LogP contribution in [0.5, 0.6) is 0 Å². The van der Waals surface area contributed by atoms with Crippen LogP contribution in [-0.2, 0) is 4.74 Å².